The normalized spacial score (nSPS) is 11.4. The molecular formula is C31H21N4O+. The van der Waals surface area contributed by atoms with Gasteiger partial charge in [0.2, 0.25) is 0 Å². The lowest BCUT2D eigenvalue weighted by atomic mass is 10.1. The van der Waals surface area contributed by atoms with Crippen LogP contribution in [0.15, 0.2) is 127 Å². The molecular weight excluding hydrogens is 444 g/mol. The van der Waals surface area contributed by atoms with Crippen LogP contribution in [0.25, 0.3) is 55.9 Å². The molecule has 5 heteroatoms. The number of hydrogen-bond donors (Lipinski definition) is 0. The molecule has 0 atom stereocenters. The standard InChI is InChI=1S/C31H21N4O/c36-35-29-16-8-6-14-27(29)33(28-15-7-9-17-30(28)35)24-20-18-22(19-21-24)31-32-25-12-4-5-13-26(25)34(31)23-10-2-1-3-11-23/h1-21H/q+1. The van der Waals surface area contributed by atoms with Crippen LogP contribution >= 0.6 is 0 Å². The number of aromatic nitrogens is 4. The highest BCUT2D eigenvalue weighted by molar-refractivity contribution is 5.86. The highest BCUT2D eigenvalue weighted by Gasteiger charge is 2.19. The van der Waals surface area contributed by atoms with E-state index in [0.29, 0.717) is 11.0 Å². The zero-order chi connectivity index (χ0) is 24.1. The quantitative estimate of drug-likeness (QED) is 0.215. The summed E-state index contributed by atoms with van der Waals surface area (Å²) in [6.07, 6.45) is 0. The third-order valence-electron chi connectivity index (χ3n) is 6.64. The first-order chi connectivity index (χ1) is 17.8. The number of rotatable bonds is 3. The van der Waals surface area contributed by atoms with Gasteiger partial charge in [0, 0.05) is 34.0 Å². The van der Waals surface area contributed by atoms with Crippen LogP contribution in [0.2, 0.25) is 0 Å². The van der Waals surface area contributed by atoms with Gasteiger partial charge in [0.1, 0.15) is 16.9 Å². The monoisotopic (exact) mass is 465 g/mol. The lowest BCUT2D eigenvalue weighted by Crippen LogP contribution is -2.20. The van der Waals surface area contributed by atoms with Crippen LogP contribution in [-0.2, 0) is 0 Å². The SMILES string of the molecule is O=[n+]1c2ccccc2n(-c2ccc(-c3nc4ccccc4n3-c3ccccc3)cc2)c2ccccc21. The van der Waals surface area contributed by atoms with Crippen molar-refractivity contribution in [3.8, 4) is 22.8 Å². The van der Waals surface area contributed by atoms with E-state index in [1.165, 1.54) is 0 Å². The molecule has 0 amide bonds. The van der Waals surface area contributed by atoms with Crippen LogP contribution < -0.4 is 4.43 Å². The van der Waals surface area contributed by atoms with E-state index in [1.807, 2.05) is 84.9 Å². The topological polar surface area (TPSA) is 45.7 Å². The Kier molecular flexibility index (Phi) is 4.54. The Morgan fingerprint density at radius 2 is 1.03 bits per heavy atom. The molecule has 5 nitrogen and oxygen atoms in total. The first-order valence-corrected chi connectivity index (χ1v) is 11.9. The van der Waals surface area contributed by atoms with Gasteiger partial charge in [0.15, 0.2) is 0 Å². The number of imidazole rings is 1. The molecule has 0 N–H and O–H groups in total. The summed E-state index contributed by atoms with van der Waals surface area (Å²) in [7, 11) is 0. The Morgan fingerprint density at radius 1 is 0.500 bits per heavy atom. The molecule has 36 heavy (non-hydrogen) atoms. The molecule has 0 fully saturated rings. The van der Waals surface area contributed by atoms with Crippen LogP contribution in [0.4, 0.5) is 0 Å². The summed E-state index contributed by atoms with van der Waals surface area (Å²) in [6, 6.07) is 42.3. The zero-order valence-electron chi connectivity index (χ0n) is 19.3. The van der Waals surface area contributed by atoms with Crippen LogP contribution in [0.3, 0.4) is 0 Å². The first kappa shape index (κ1) is 20.4. The summed E-state index contributed by atoms with van der Waals surface area (Å²) in [5, 5.41) is 0. The molecule has 7 aromatic rings. The number of para-hydroxylation sites is 7. The van der Waals surface area contributed by atoms with Crippen molar-refractivity contribution in [2.24, 2.45) is 0 Å². The Labute approximate surface area is 206 Å². The molecule has 0 radical (unpaired) electrons. The zero-order valence-corrected chi connectivity index (χ0v) is 19.3. The maximum absolute atomic E-state index is 13.1. The van der Waals surface area contributed by atoms with Crippen molar-refractivity contribution < 1.29 is 4.43 Å². The molecule has 0 aliphatic rings. The third-order valence-corrected chi connectivity index (χ3v) is 6.64. The summed E-state index contributed by atoms with van der Waals surface area (Å²) in [5.41, 5.74) is 8.06. The first-order valence-electron chi connectivity index (χ1n) is 11.9. The third kappa shape index (κ3) is 3.07. The predicted octanol–water partition coefficient (Wildman–Crippen LogP) is 6.70. The van der Waals surface area contributed by atoms with Gasteiger partial charge in [-0.2, -0.15) is 0 Å². The van der Waals surface area contributed by atoms with Crippen molar-refractivity contribution in [2.45, 2.75) is 0 Å². The highest BCUT2D eigenvalue weighted by atomic mass is 16.3. The predicted molar refractivity (Wildman–Crippen MR) is 144 cm³/mol. The number of benzene rings is 5. The Morgan fingerprint density at radius 3 is 1.69 bits per heavy atom. The van der Waals surface area contributed by atoms with E-state index in [1.54, 1.807) is 0 Å². The van der Waals surface area contributed by atoms with E-state index in [-0.39, 0.29) is 0 Å². The van der Waals surface area contributed by atoms with Gasteiger partial charge in [-0.3, -0.25) is 9.13 Å². The maximum atomic E-state index is 13.1. The second-order valence-electron chi connectivity index (χ2n) is 8.75. The van der Waals surface area contributed by atoms with Crippen molar-refractivity contribution in [3.05, 3.63) is 132 Å². The lowest BCUT2D eigenvalue weighted by Gasteiger charge is -2.13. The van der Waals surface area contributed by atoms with Crippen molar-refractivity contribution in [2.75, 3.05) is 0 Å². The van der Waals surface area contributed by atoms with E-state index in [2.05, 4.69) is 51.6 Å². The Hall–Kier alpha value is -5.03. The van der Waals surface area contributed by atoms with Crippen molar-refractivity contribution >= 4 is 33.1 Å². The molecule has 0 saturated carbocycles. The number of nitrogens with zero attached hydrogens (tertiary/aromatic N) is 4. The molecule has 2 aromatic heterocycles. The second-order valence-corrected chi connectivity index (χ2v) is 8.75. The van der Waals surface area contributed by atoms with Crippen LogP contribution in [0.1, 0.15) is 0 Å². The van der Waals surface area contributed by atoms with Crippen LogP contribution in [-0.4, -0.2) is 14.1 Å². The molecule has 0 aliphatic heterocycles. The maximum Gasteiger partial charge on any atom is 0.287 e. The molecule has 5 aromatic carbocycles. The summed E-state index contributed by atoms with van der Waals surface area (Å²) in [4.78, 5) is 18.0. The van der Waals surface area contributed by atoms with Gasteiger partial charge in [0.05, 0.1) is 15.5 Å². The van der Waals surface area contributed by atoms with E-state index < -0.39 is 0 Å². The molecule has 0 saturated heterocycles. The lowest BCUT2D eigenvalue weighted by molar-refractivity contribution is -0.432. The average molecular weight is 466 g/mol. The van der Waals surface area contributed by atoms with E-state index in [4.69, 9.17) is 4.98 Å². The minimum absolute atomic E-state index is 0.631. The average Bonchev–Trinajstić information content (AvgIpc) is 3.34. The smallest absolute Gasteiger partial charge is 0.287 e. The van der Waals surface area contributed by atoms with Crippen molar-refractivity contribution in [1.82, 2.24) is 14.1 Å². The Balaban J connectivity index is 1.45. The van der Waals surface area contributed by atoms with Crippen LogP contribution in [0, 0.1) is 4.91 Å². The van der Waals surface area contributed by atoms with Crippen molar-refractivity contribution in [3.63, 3.8) is 0 Å². The minimum atomic E-state index is 0.631. The highest BCUT2D eigenvalue weighted by Crippen LogP contribution is 2.30. The summed E-state index contributed by atoms with van der Waals surface area (Å²) in [5.74, 6) is 0.888. The minimum Gasteiger partial charge on any atom is -0.298 e. The second kappa shape index (κ2) is 8.03. The summed E-state index contributed by atoms with van der Waals surface area (Å²) in [6.45, 7) is 0. The van der Waals surface area contributed by atoms with Gasteiger partial charge in [-0.25, -0.2) is 4.98 Å². The van der Waals surface area contributed by atoms with E-state index in [9.17, 15) is 4.91 Å². The molecule has 0 aliphatic carbocycles. The summed E-state index contributed by atoms with van der Waals surface area (Å²) < 4.78 is 5.35. The summed E-state index contributed by atoms with van der Waals surface area (Å²) >= 11 is 0. The van der Waals surface area contributed by atoms with Gasteiger partial charge in [-0.1, -0.05) is 54.6 Å². The fourth-order valence-electron chi connectivity index (χ4n) is 5.01. The largest absolute Gasteiger partial charge is 0.298 e. The fraction of sp³-hybridized carbons (Fsp3) is 0. The molecule has 0 bridgehead atoms. The Bertz CT molecular complexity index is 1890. The van der Waals surface area contributed by atoms with Crippen LogP contribution in [0.5, 0.6) is 0 Å². The van der Waals surface area contributed by atoms with Gasteiger partial charge in [-0.15, -0.1) is 0 Å². The van der Waals surface area contributed by atoms with Crippen molar-refractivity contribution in [1.29, 1.82) is 0 Å². The molecule has 2 heterocycles. The molecule has 0 unspecified atom stereocenters. The van der Waals surface area contributed by atoms with Gasteiger partial charge < -0.3 is 0 Å². The van der Waals surface area contributed by atoms with Gasteiger partial charge >= 0.3 is 0 Å². The number of fused-ring (bicyclic) bond motifs is 3. The van der Waals surface area contributed by atoms with Gasteiger partial charge in [-0.05, 0) is 60.7 Å². The van der Waals surface area contributed by atoms with E-state index >= 15 is 0 Å². The number of hydrogen-bond acceptors (Lipinski definition) is 2. The fourth-order valence-corrected chi connectivity index (χ4v) is 5.01. The molecule has 170 valence electrons. The van der Waals surface area contributed by atoms with Gasteiger partial charge in [0.25, 0.3) is 11.0 Å². The molecule has 0 spiro atoms. The molecule has 7 rings (SSSR count). The van der Waals surface area contributed by atoms with E-state index in [0.717, 1.165) is 49.3 Å².